The lowest BCUT2D eigenvalue weighted by Crippen LogP contribution is -2.28. The van der Waals surface area contributed by atoms with Crippen molar-refractivity contribution >= 4 is 11.6 Å². The van der Waals surface area contributed by atoms with Crippen molar-refractivity contribution in [3.05, 3.63) is 51.8 Å². The highest BCUT2D eigenvalue weighted by Gasteiger charge is 2.19. The molecule has 0 spiro atoms. The van der Waals surface area contributed by atoms with Gasteiger partial charge in [0.25, 0.3) is 11.6 Å². The van der Waals surface area contributed by atoms with Crippen molar-refractivity contribution in [3.63, 3.8) is 0 Å². The third-order valence-corrected chi connectivity index (χ3v) is 2.60. The first-order valence-electron chi connectivity index (χ1n) is 5.59. The van der Waals surface area contributed by atoms with Crippen LogP contribution in [0.1, 0.15) is 29.1 Å². The van der Waals surface area contributed by atoms with E-state index in [0.29, 0.717) is 11.9 Å². The molecule has 2 rings (SSSR count). The van der Waals surface area contributed by atoms with Crippen molar-refractivity contribution in [3.8, 4) is 0 Å². The summed E-state index contributed by atoms with van der Waals surface area (Å²) >= 11 is 0. The van der Waals surface area contributed by atoms with Gasteiger partial charge in [-0.3, -0.25) is 20.0 Å². The number of aromatic nitrogens is 3. The van der Waals surface area contributed by atoms with Crippen LogP contribution < -0.4 is 5.32 Å². The van der Waals surface area contributed by atoms with Crippen molar-refractivity contribution in [2.24, 2.45) is 0 Å². The van der Waals surface area contributed by atoms with Crippen LogP contribution in [0.4, 0.5) is 10.1 Å². The Balaban J connectivity index is 2.15. The van der Waals surface area contributed by atoms with Gasteiger partial charge in [0.1, 0.15) is 18.0 Å². The summed E-state index contributed by atoms with van der Waals surface area (Å²) in [4.78, 5) is 25.5. The molecule has 1 aromatic carbocycles. The number of hydrogen-bond donors (Lipinski definition) is 2. The first-order chi connectivity index (χ1) is 9.49. The Morgan fingerprint density at radius 2 is 2.30 bits per heavy atom. The summed E-state index contributed by atoms with van der Waals surface area (Å²) in [6.45, 7) is 1.64. The second-order valence-electron chi connectivity index (χ2n) is 3.99. The number of aromatic amines is 1. The van der Waals surface area contributed by atoms with E-state index in [-0.39, 0.29) is 5.56 Å². The number of benzene rings is 1. The summed E-state index contributed by atoms with van der Waals surface area (Å²) in [5.41, 5.74) is -0.690. The average Bonchev–Trinajstić information content (AvgIpc) is 2.92. The van der Waals surface area contributed by atoms with Crippen molar-refractivity contribution in [1.82, 2.24) is 20.5 Å². The second kappa shape index (κ2) is 5.43. The third-order valence-electron chi connectivity index (χ3n) is 2.60. The fraction of sp³-hybridized carbons (Fsp3) is 0.182. The molecule has 1 aromatic heterocycles. The fourth-order valence-corrected chi connectivity index (χ4v) is 1.57. The van der Waals surface area contributed by atoms with E-state index in [1.54, 1.807) is 6.92 Å². The molecule has 104 valence electrons. The molecule has 0 aliphatic heterocycles. The van der Waals surface area contributed by atoms with E-state index in [2.05, 4.69) is 20.5 Å². The second-order valence-corrected chi connectivity index (χ2v) is 3.99. The highest BCUT2D eigenvalue weighted by molar-refractivity contribution is 5.94. The van der Waals surface area contributed by atoms with E-state index in [1.165, 1.54) is 6.33 Å². The number of nitro benzene ring substituents is 1. The first-order valence-corrected chi connectivity index (χ1v) is 5.59. The van der Waals surface area contributed by atoms with Gasteiger partial charge in [0.05, 0.1) is 22.6 Å². The molecule has 1 amide bonds. The number of rotatable bonds is 4. The van der Waals surface area contributed by atoms with Crippen LogP contribution in [0.25, 0.3) is 0 Å². The minimum Gasteiger partial charge on any atom is -0.342 e. The van der Waals surface area contributed by atoms with Crippen LogP contribution in [0.5, 0.6) is 0 Å². The molecule has 9 heteroatoms. The normalized spacial score (nSPS) is 11.9. The molecule has 0 saturated carbocycles. The summed E-state index contributed by atoms with van der Waals surface area (Å²) in [6, 6.07) is 2.33. The molecule has 0 saturated heterocycles. The summed E-state index contributed by atoms with van der Waals surface area (Å²) < 4.78 is 13.7. The number of carbonyl (C=O) groups excluding carboxylic acids is 1. The van der Waals surface area contributed by atoms with Gasteiger partial charge in [-0.25, -0.2) is 9.37 Å². The number of amides is 1. The van der Waals surface area contributed by atoms with Crippen LogP contribution in [0, 0.1) is 15.9 Å². The topological polar surface area (TPSA) is 114 Å². The van der Waals surface area contributed by atoms with Gasteiger partial charge in [0.15, 0.2) is 0 Å². The number of nitrogens with one attached hydrogen (secondary N) is 2. The molecule has 1 heterocycles. The number of nitrogens with zero attached hydrogens (tertiary/aromatic N) is 3. The van der Waals surface area contributed by atoms with E-state index in [0.717, 1.165) is 12.1 Å². The fourth-order valence-electron chi connectivity index (χ4n) is 1.57. The monoisotopic (exact) mass is 279 g/mol. The van der Waals surface area contributed by atoms with Crippen LogP contribution in [0.15, 0.2) is 24.5 Å². The maximum Gasteiger partial charge on any atom is 0.272 e. The van der Waals surface area contributed by atoms with E-state index >= 15 is 0 Å². The lowest BCUT2D eigenvalue weighted by Gasteiger charge is -2.11. The molecule has 8 nitrogen and oxygen atoms in total. The smallest absolute Gasteiger partial charge is 0.272 e. The van der Waals surface area contributed by atoms with E-state index in [9.17, 15) is 19.3 Å². The van der Waals surface area contributed by atoms with Crippen molar-refractivity contribution in [2.45, 2.75) is 13.0 Å². The van der Waals surface area contributed by atoms with Gasteiger partial charge in [-0.05, 0) is 13.0 Å². The SMILES string of the molecule is CC(NC(=O)c1ccc([N+](=O)[O-])cc1F)c1ncn[nH]1. The zero-order valence-electron chi connectivity index (χ0n) is 10.3. The zero-order valence-corrected chi connectivity index (χ0v) is 10.3. The van der Waals surface area contributed by atoms with Crippen LogP contribution in [-0.2, 0) is 0 Å². The number of non-ortho nitro benzene ring substituents is 1. The Hall–Kier alpha value is -2.84. The quantitative estimate of drug-likeness (QED) is 0.647. The third kappa shape index (κ3) is 2.76. The van der Waals surface area contributed by atoms with Gasteiger partial charge in [-0.1, -0.05) is 0 Å². The first kappa shape index (κ1) is 13.6. The van der Waals surface area contributed by atoms with Gasteiger partial charge in [-0.2, -0.15) is 5.10 Å². The summed E-state index contributed by atoms with van der Waals surface area (Å²) in [5.74, 6) is -1.23. The number of nitro groups is 1. The molecule has 0 bridgehead atoms. The van der Waals surface area contributed by atoms with Gasteiger partial charge in [0.2, 0.25) is 0 Å². The van der Waals surface area contributed by atoms with Crippen molar-refractivity contribution in [1.29, 1.82) is 0 Å². The van der Waals surface area contributed by atoms with E-state index in [1.807, 2.05) is 0 Å². The maximum absolute atomic E-state index is 13.7. The predicted octanol–water partition coefficient (Wildman–Crippen LogP) is 1.34. The average molecular weight is 279 g/mol. The van der Waals surface area contributed by atoms with Gasteiger partial charge in [0, 0.05) is 6.07 Å². The highest BCUT2D eigenvalue weighted by Crippen LogP contribution is 2.17. The predicted molar refractivity (Wildman–Crippen MR) is 65.3 cm³/mol. The molecule has 1 atom stereocenters. The number of halogens is 1. The number of carbonyl (C=O) groups is 1. The Morgan fingerprint density at radius 3 is 2.85 bits per heavy atom. The minimum atomic E-state index is -0.957. The molecule has 0 aliphatic rings. The molecule has 0 aliphatic carbocycles. The lowest BCUT2D eigenvalue weighted by atomic mass is 10.1. The lowest BCUT2D eigenvalue weighted by molar-refractivity contribution is -0.385. The van der Waals surface area contributed by atoms with Crippen molar-refractivity contribution < 1.29 is 14.1 Å². The molecular formula is C11H10FN5O3. The molecule has 1 unspecified atom stereocenters. The molecule has 0 fully saturated rings. The number of hydrogen-bond acceptors (Lipinski definition) is 5. The van der Waals surface area contributed by atoms with Gasteiger partial charge >= 0.3 is 0 Å². The van der Waals surface area contributed by atoms with Gasteiger partial charge < -0.3 is 5.32 Å². The molecule has 2 aromatic rings. The van der Waals surface area contributed by atoms with Gasteiger partial charge in [-0.15, -0.1) is 0 Å². The Morgan fingerprint density at radius 1 is 1.55 bits per heavy atom. The minimum absolute atomic E-state index is 0.276. The highest BCUT2D eigenvalue weighted by atomic mass is 19.1. The molecule has 0 radical (unpaired) electrons. The Bertz CT molecular complexity index is 644. The molecule has 20 heavy (non-hydrogen) atoms. The van der Waals surface area contributed by atoms with E-state index in [4.69, 9.17) is 0 Å². The van der Waals surface area contributed by atoms with Crippen LogP contribution in [0.3, 0.4) is 0 Å². The van der Waals surface area contributed by atoms with Crippen molar-refractivity contribution in [2.75, 3.05) is 0 Å². The Labute approximate surface area is 112 Å². The van der Waals surface area contributed by atoms with Crippen LogP contribution >= 0.6 is 0 Å². The van der Waals surface area contributed by atoms with E-state index < -0.39 is 28.4 Å². The molecular weight excluding hydrogens is 269 g/mol. The zero-order chi connectivity index (χ0) is 14.7. The standard InChI is InChI=1S/C11H10FN5O3/c1-6(10-13-5-14-16-10)15-11(18)8-3-2-7(17(19)20)4-9(8)12/h2-6H,1H3,(H,15,18)(H,13,14,16). The van der Waals surface area contributed by atoms with Crippen LogP contribution in [0.2, 0.25) is 0 Å². The Kier molecular flexibility index (Phi) is 3.69. The van der Waals surface area contributed by atoms with Crippen LogP contribution in [-0.4, -0.2) is 26.0 Å². The number of H-pyrrole nitrogens is 1. The largest absolute Gasteiger partial charge is 0.342 e. The summed E-state index contributed by atoms with van der Waals surface area (Å²) in [7, 11) is 0. The maximum atomic E-state index is 13.7. The molecule has 2 N–H and O–H groups in total. The summed E-state index contributed by atoms with van der Waals surface area (Å²) in [6.07, 6.45) is 1.28. The summed E-state index contributed by atoms with van der Waals surface area (Å²) in [5, 5.41) is 19.2.